The molecule has 1 rings (SSSR count). The molecule has 4 N–H and O–H groups in total. The van der Waals surface area contributed by atoms with Crippen molar-refractivity contribution in [3.63, 3.8) is 0 Å². The van der Waals surface area contributed by atoms with E-state index in [-0.39, 0.29) is 16.5 Å². The van der Waals surface area contributed by atoms with Crippen molar-refractivity contribution < 1.29 is 0 Å². The molecule has 2 heteroatoms. The molecule has 1 aliphatic rings. The van der Waals surface area contributed by atoms with Gasteiger partial charge in [0.1, 0.15) is 0 Å². The molecule has 0 amide bonds. The Morgan fingerprint density at radius 2 is 1.09 bits per heavy atom. The van der Waals surface area contributed by atoms with Crippen molar-refractivity contribution in [1.82, 2.24) is 0 Å². The molecule has 0 aromatic heterocycles. The Hall–Kier alpha value is -0.0800. The molecule has 0 saturated heterocycles. The van der Waals surface area contributed by atoms with E-state index in [1.807, 2.05) is 0 Å². The first-order chi connectivity index (χ1) is 4.71. The van der Waals surface area contributed by atoms with Crippen LogP contribution in [0.15, 0.2) is 0 Å². The van der Waals surface area contributed by atoms with Gasteiger partial charge in [0, 0.05) is 16.5 Å². The van der Waals surface area contributed by atoms with Crippen LogP contribution in [0.2, 0.25) is 0 Å². The van der Waals surface area contributed by atoms with E-state index in [0.717, 1.165) is 12.8 Å². The van der Waals surface area contributed by atoms with Crippen molar-refractivity contribution in [3.05, 3.63) is 0 Å². The maximum Gasteiger partial charge on any atom is 0.0195 e. The lowest BCUT2D eigenvalue weighted by Crippen LogP contribution is -2.57. The molecule has 0 aromatic rings. The molecule has 2 nitrogen and oxygen atoms in total. The first-order valence-corrected chi connectivity index (χ1v) is 4.28. The predicted molar refractivity (Wildman–Crippen MR) is 48.2 cm³/mol. The van der Waals surface area contributed by atoms with Crippen LogP contribution in [0.4, 0.5) is 0 Å². The maximum absolute atomic E-state index is 6.15. The average molecular weight is 156 g/mol. The average Bonchev–Trinajstić information content (AvgIpc) is 1.93. The van der Waals surface area contributed by atoms with Crippen molar-refractivity contribution >= 4 is 0 Å². The van der Waals surface area contributed by atoms with E-state index in [4.69, 9.17) is 11.5 Å². The van der Waals surface area contributed by atoms with Crippen LogP contribution < -0.4 is 11.5 Å². The highest BCUT2D eigenvalue weighted by Crippen LogP contribution is 2.49. The van der Waals surface area contributed by atoms with E-state index >= 15 is 0 Å². The van der Waals surface area contributed by atoms with Crippen LogP contribution in [0.1, 0.15) is 40.5 Å². The van der Waals surface area contributed by atoms with Crippen molar-refractivity contribution in [2.45, 2.75) is 51.6 Å². The van der Waals surface area contributed by atoms with Crippen molar-refractivity contribution in [3.8, 4) is 0 Å². The summed E-state index contributed by atoms with van der Waals surface area (Å²) in [5.41, 5.74) is 12.1. The summed E-state index contributed by atoms with van der Waals surface area (Å²) in [6.45, 7) is 8.54. The zero-order valence-electron chi connectivity index (χ0n) is 8.07. The lowest BCUT2D eigenvalue weighted by Gasteiger charge is -2.43. The Morgan fingerprint density at radius 3 is 1.18 bits per heavy atom. The highest BCUT2D eigenvalue weighted by molar-refractivity contribution is 5.13. The number of hydrogen-bond donors (Lipinski definition) is 2. The van der Waals surface area contributed by atoms with Gasteiger partial charge in [-0.25, -0.2) is 0 Å². The molecule has 2 atom stereocenters. The molecule has 66 valence electrons. The zero-order valence-corrected chi connectivity index (χ0v) is 8.07. The summed E-state index contributed by atoms with van der Waals surface area (Å²) >= 11 is 0. The molecule has 0 unspecified atom stereocenters. The summed E-state index contributed by atoms with van der Waals surface area (Å²) in [5, 5.41) is 0. The monoisotopic (exact) mass is 156 g/mol. The first-order valence-electron chi connectivity index (χ1n) is 4.28. The largest absolute Gasteiger partial charge is 0.325 e. The van der Waals surface area contributed by atoms with Gasteiger partial charge in [-0.3, -0.25) is 0 Å². The third-order valence-electron chi connectivity index (χ3n) is 4.02. The van der Waals surface area contributed by atoms with Gasteiger partial charge in [0.05, 0.1) is 0 Å². The van der Waals surface area contributed by atoms with E-state index in [9.17, 15) is 0 Å². The van der Waals surface area contributed by atoms with Gasteiger partial charge in [-0.1, -0.05) is 13.8 Å². The van der Waals surface area contributed by atoms with Crippen molar-refractivity contribution in [1.29, 1.82) is 0 Å². The Morgan fingerprint density at radius 1 is 0.818 bits per heavy atom. The number of hydrogen-bond acceptors (Lipinski definition) is 2. The van der Waals surface area contributed by atoms with Gasteiger partial charge in [-0.2, -0.15) is 0 Å². The normalized spacial score (nSPS) is 49.6. The molecular weight excluding hydrogens is 136 g/mol. The molecule has 1 aliphatic carbocycles. The highest BCUT2D eigenvalue weighted by Gasteiger charge is 2.54. The van der Waals surface area contributed by atoms with Crippen LogP contribution in [0.3, 0.4) is 0 Å². The lowest BCUT2D eigenvalue weighted by atomic mass is 9.69. The van der Waals surface area contributed by atoms with Crippen molar-refractivity contribution in [2.24, 2.45) is 16.9 Å². The second-order valence-corrected chi connectivity index (χ2v) is 4.96. The maximum atomic E-state index is 6.15. The van der Waals surface area contributed by atoms with Gasteiger partial charge >= 0.3 is 0 Å². The number of nitrogens with two attached hydrogens (primary N) is 2. The Balaban J connectivity index is 3.00. The van der Waals surface area contributed by atoms with Crippen LogP contribution in [-0.2, 0) is 0 Å². The minimum Gasteiger partial charge on any atom is -0.325 e. The molecule has 1 fully saturated rings. The van der Waals surface area contributed by atoms with E-state index in [1.165, 1.54) is 0 Å². The van der Waals surface area contributed by atoms with Gasteiger partial charge in [-0.05, 0) is 26.7 Å². The quantitative estimate of drug-likeness (QED) is 0.554. The molecule has 0 radical (unpaired) electrons. The molecule has 11 heavy (non-hydrogen) atoms. The minimum absolute atomic E-state index is 0.0417. The van der Waals surface area contributed by atoms with Gasteiger partial charge < -0.3 is 11.5 Å². The molecule has 1 saturated carbocycles. The van der Waals surface area contributed by atoms with Crippen molar-refractivity contribution in [2.75, 3.05) is 0 Å². The van der Waals surface area contributed by atoms with E-state index in [2.05, 4.69) is 27.7 Å². The standard InChI is InChI=1S/C9H20N2/c1-7(2)8(3,10)5-6-9(7,4)11/h5-6,10-11H2,1-4H3/t8-,9-/m0/s1. The highest BCUT2D eigenvalue weighted by atomic mass is 14.9. The molecule has 0 spiro atoms. The number of rotatable bonds is 0. The summed E-state index contributed by atoms with van der Waals surface area (Å²) in [6, 6.07) is 0. The van der Waals surface area contributed by atoms with E-state index in [1.54, 1.807) is 0 Å². The Labute approximate surface area is 69.3 Å². The zero-order chi connectivity index (χ0) is 8.91. The fourth-order valence-electron chi connectivity index (χ4n) is 1.80. The van der Waals surface area contributed by atoms with Crippen LogP contribution in [0, 0.1) is 5.41 Å². The van der Waals surface area contributed by atoms with Gasteiger partial charge in [0.2, 0.25) is 0 Å². The smallest absolute Gasteiger partial charge is 0.0195 e. The van der Waals surface area contributed by atoms with Crippen LogP contribution in [0.25, 0.3) is 0 Å². The molecule has 0 aromatic carbocycles. The van der Waals surface area contributed by atoms with Crippen LogP contribution in [0.5, 0.6) is 0 Å². The molecular formula is C9H20N2. The lowest BCUT2D eigenvalue weighted by molar-refractivity contribution is 0.147. The summed E-state index contributed by atoms with van der Waals surface area (Å²) in [6.07, 6.45) is 2.07. The van der Waals surface area contributed by atoms with Gasteiger partial charge in [0.25, 0.3) is 0 Å². The molecule has 0 bridgehead atoms. The summed E-state index contributed by atoms with van der Waals surface area (Å²) < 4.78 is 0. The fraction of sp³-hybridized carbons (Fsp3) is 1.00. The Bertz CT molecular complexity index is 150. The second-order valence-electron chi connectivity index (χ2n) is 4.96. The van der Waals surface area contributed by atoms with Crippen LogP contribution in [-0.4, -0.2) is 11.1 Å². The summed E-state index contributed by atoms with van der Waals surface area (Å²) in [7, 11) is 0. The predicted octanol–water partition coefficient (Wildman–Crippen LogP) is 1.24. The fourth-order valence-corrected chi connectivity index (χ4v) is 1.80. The van der Waals surface area contributed by atoms with E-state index in [0.29, 0.717) is 0 Å². The molecule has 0 heterocycles. The third kappa shape index (κ3) is 1.00. The van der Waals surface area contributed by atoms with Crippen LogP contribution >= 0.6 is 0 Å². The summed E-state index contributed by atoms with van der Waals surface area (Å²) in [4.78, 5) is 0. The topological polar surface area (TPSA) is 52.0 Å². The minimum atomic E-state index is -0.101. The van der Waals surface area contributed by atoms with Gasteiger partial charge in [0.15, 0.2) is 0 Å². The second kappa shape index (κ2) is 1.99. The SMILES string of the molecule is CC1(C)[C@@](C)(N)CC[C@]1(C)N. The van der Waals surface area contributed by atoms with E-state index < -0.39 is 0 Å². The third-order valence-corrected chi connectivity index (χ3v) is 4.02. The summed E-state index contributed by atoms with van der Waals surface area (Å²) in [5.74, 6) is 0. The molecule has 0 aliphatic heterocycles. The first kappa shape index (κ1) is 9.01. The van der Waals surface area contributed by atoms with Gasteiger partial charge in [-0.15, -0.1) is 0 Å². The Kier molecular flexibility index (Phi) is 1.63.